The number of amides is 2. The van der Waals surface area contributed by atoms with E-state index in [9.17, 15) is 9.59 Å². The molecule has 1 rings (SSSR count). The number of nitrogens with zero attached hydrogens (tertiary/aromatic N) is 1. The van der Waals surface area contributed by atoms with Crippen LogP contribution in [0.4, 0.5) is 4.79 Å². The molecule has 1 unspecified atom stereocenters. The molecule has 0 bridgehead atoms. The Balaban J connectivity index is 2.42. The van der Waals surface area contributed by atoms with Crippen LogP contribution in [0.1, 0.15) is 53.4 Å². The molecule has 0 spiro atoms. The van der Waals surface area contributed by atoms with Gasteiger partial charge in [-0.3, -0.25) is 4.79 Å². The van der Waals surface area contributed by atoms with E-state index in [0.29, 0.717) is 0 Å². The Bertz CT molecular complexity index is 369. The third kappa shape index (κ3) is 5.91. The van der Waals surface area contributed by atoms with Gasteiger partial charge in [0.1, 0.15) is 5.60 Å². The lowest BCUT2D eigenvalue weighted by molar-refractivity contribution is -0.123. The topological polar surface area (TPSA) is 84.7 Å². The van der Waals surface area contributed by atoms with E-state index in [2.05, 4.69) is 5.32 Å². The first kappa shape index (κ1) is 17.8. The van der Waals surface area contributed by atoms with Gasteiger partial charge in [0.15, 0.2) is 0 Å². The first-order valence-electron chi connectivity index (χ1n) is 7.62. The van der Waals surface area contributed by atoms with Crippen LogP contribution in [0.2, 0.25) is 0 Å². The Hall–Kier alpha value is -1.30. The maximum absolute atomic E-state index is 12.0. The molecule has 1 aliphatic rings. The van der Waals surface area contributed by atoms with Gasteiger partial charge in [0.05, 0.1) is 6.04 Å². The zero-order valence-electron chi connectivity index (χ0n) is 13.8. The normalized spacial score (nSPS) is 24.1. The van der Waals surface area contributed by atoms with E-state index in [-0.39, 0.29) is 24.1 Å². The quantitative estimate of drug-likeness (QED) is 0.829. The fourth-order valence-corrected chi connectivity index (χ4v) is 2.42. The molecule has 0 aromatic carbocycles. The highest BCUT2D eigenvalue weighted by molar-refractivity contribution is 5.81. The number of carbonyl (C=O) groups excluding carboxylic acids is 2. The Labute approximate surface area is 127 Å². The van der Waals surface area contributed by atoms with Crippen LogP contribution in [0.3, 0.4) is 0 Å². The average Bonchev–Trinajstić information content (AvgIpc) is 2.36. The summed E-state index contributed by atoms with van der Waals surface area (Å²) in [7, 11) is 1.78. The molecular formula is C15H29N3O3. The molecule has 0 heterocycles. The molecule has 1 fully saturated rings. The van der Waals surface area contributed by atoms with E-state index in [0.717, 1.165) is 25.7 Å². The molecule has 2 amide bonds. The van der Waals surface area contributed by atoms with Crippen molar-refractivity contribution in [3.05, 3.63) is 0 Å². The second-order valence-electron chi connectivity index (χ2n) is 6.89. The van der Waals surface area contributed by atoms with E-state index < -0.39 is 11.6 Å². The molecule has 1 atom stereocenters. The monoisotopic (exact) mass is 299 g/mol. The molecule has 0 aromatic heterocycles. The number of nitrogens with two attached hydrogens (primary N) is 1. The zero-order valence-corrected chi connectivity index (χ0v) is 13.8. The van der Waals surface area contributed by atoms with Crippen molar-refractivity contribution in [2.24, 2.45) is 5.73 Å². The summed E-state index contributed by atoms with van der Waals surface area (Å²) in [6.45, 7) is 7.26. The molecular weight excluding hydrogens is 270 g/mol. The van der Waals surface area contributed by atoms with Gasteiger partial charge in [-0.15, -0.1) is 0 Å². The third-order valence-electron chi connectivity index (χ3n) is 3.69. The van der Waals surface area contributed by atoms with Crippen molar-refractivity contribution in [3.8, 4) is 0 Å². The molecule has 1 saturated carbocycles. The van der Waals surface area contributed by atoms with Crippen molar-refractivity contribution >= 4 is 12.0 Å². The lowest BCUT2D eigenvalue weighted by Crippen LogP contribution is -2.48. The van der Waals surface area contributed by atoms with Crippen molar-refractivity contribution in [2.75, 3.05) is 7.05 Å². The molecule has 6 nitrogen and oxygen atoms in total. The average molecular weight is 299 g/mol. The number of carbonyl (C=O) groups is 2. The van der Waals surface area contributed by atoms with Gasteiger partial charge in [-0.2, -0.15) is 0 Å². The predicted molar refractivity (Wildman–Crippen MR) is 81.8 cm³/mol. The van der Waals surface area contributed by atoms with Crippen molar-refractivity contribution in [1.82, 2.24) is 10.2 Å². The molecule has 3 N–H and O–H groups in total. The molecule has 0 saturated heterocycles. The highest BCUT2D eigenvalue weighted by Crippen LogP contribution is 2.23. The van der Waals surface area contributed by atoms with Crippen molar-refractivity contribution < 1.29 is 14.3 Å². The molecule has 1 aliphatic carbocycles. The minimum atomic E-state index is -0.479. The van der Waals surface area contributed by atoms with Crippen LogP contribution in [0.25, 0.3) is 0 Å². The minimum absolute atomic E-state index is 0.112. The molecule has 0 aromatic rings. The zero-order chi connectivity index (χ0) is 16.2. The van der Waals surface area contributed by atoms with Gasteiger partial charge in [0.2, 0.25) is 5.91 Å². The number of nitrogens with one attached hydrogen (secondary N) is 1. The summed E-state index contributed by atoms with van der Waals surface area (Å²) >= 11 is 0. The van der Waals surface area contributed by atoms with Gasteiger partial charge in [-0.1, -0.05) is 0 Å². The largest absolute Gasteiger partial charge is 0.444 e. The lowest BCUT2D eigenvalue weighted by atomic mass is 9.90. The first-order valence-corrected chi connectivity index (χ1v) is 7.62. The maximum atomic E-state index is 12.0. The van der Waals surface area contributed by atoms with Crippen LogP contribution >= 0.6 is 0 Å². The summed E-state index contributed by atoms with van der Waals surface area (Å²) in [5.74, 6) is -0.112. The van der Waals surface area contributed by atoms with Gasteiger partial charge in [-0.05, 0) is 53.4 Å². The number of ether oxygens (including phenoxy) is 1. The van der Waals surface area contributed by atoms with E-state index in [4.69, 9.17) is 10.5 Å². The maximum Gasteiger partial charge on any atom is 0.410 e. The highest BCUT2D eigenvalue weighted by atomic mass is 16.6. The molecule has 6 heteroatoms. The summed E-state index contributed by atoms with van der Waals surface area (Å²) in [6.07, 6.45) is 3.15. The Morgan fingerprint density at radius 3 is 2.19 bits per heavy atom. The summed E-state index contributed by atoms with van der Waals surface area (Å²) in [5.41, 5.74) is 5.07. The van der Waals surface area contributed by atoms with E-state index >= 15 is 0 Å². The number of rotatable bonds is 3. The molecule has 0 aliphatic heterocycles. The van der Waals surface area contributed by atoms with Crippen molar-refractivity contribution in [3.63, 3.8) is 0 Å². The van der Waals surface area contributed by atoms with E-state index in [1.165, 1.54) is 0 Å². The van der Waals surface area contributed by atoms with Crippen LogP contribution in [0.5, 0.6) is 0 Å². The number of hydrogen-bond acceptors (Lipinski definition) is 4. The summed E-state index contributed by atoms with van der Waals surface area (Å²) < 4.78 is 5.38. The predicted octanol–water partition coefficient (Wildman–Crippen LogP) is 1.63. The van der Waals surface area contributed by atoms with E-state index in [1.54, 1.807) is 18.9 Å². The summed E-state index contributed by atoms with van der Waals surface area (Å²) in [4.78, 5) is 25.3. The molecule has 0 radical (unpaired) electrons. The smallest absolute Gasteiger partial charge is 0.410 e. The van der Waals surface area contributed by atoms with Gasteiger partial charge >= 0.3 is 6.09 Å². The second-order valence-corrected chi connectivity index (χ2v) is 6.89. The fraction of sp³-hybridized carbons (Fsp3) is 0.867. The fourth-order valence-electron chi connectivity index (χ4n) is 2.42. The summed E-state index contributed by atoms with van der Waals surface area (Å²) in [6, 6.07) is -0.151. The second kappa shape index (κ2) is 7.11. The number of hydrogen-bond donors (Lipinski definition) is 2. The Kier molecular flexibility index (Phi) is 6.01. The van der Waals surface area contributed by atoms with Crippen LogP contribution in [0, 0.1) is 0 Å². The highest BCUT2D eigenvalue weighted by Gasteiger charge is 2.29. The van der Waals surface area contributed by atoms with Gasteiger partial charge in [-0.25, -0.2) is 4.79 Å². The van der Waals surface area contributed by atoms with Gasteiger partial charge < -0.3 is 20.7 Å². The first-order chi connectivity index (χ1) is 9.60. The third-order valence-corrected chi connectivity index (χ3v) is 3.69. The Morgan fingerprint density at radius 2 is 1.76 bits per heavy atom. The standard InChI is InChI=1S/C15H29N3O3/c1-10(16)13(19)17-11-6-8-12(9-7-11)18(5)14(20)21-15(2,3)4/h10-12H,6-9,16H2,1-5H3,(H,17,19). The van der Waals surface area contributed by atoms with Crippen LogP contribution < -0.4 is 11.1 Å². The van der Waals surface area contributed by atoms with Gasteiger partial charge in [0.25, 0.3) is 0 Å². The van der Waals surface area contributed by atoms with Crippen LogP contribution in [-0.2, 0) is 9.53 Å². The van der Waals surface area contributed by atoms with Crippen molar-refractivity contribution in [1.29, 1.82) is 0 Å². The van der Waals surface area contributed by atoms with Crippen molar-refractivity contribution in [2.45, 2.75) is 77.1 Å². The summed E-state index contributed by atoms with van der Waals surface area (Å²) in [5, 5.41) is 2.95. The van der Waals surface area contributed by atoms with Crippen LogP contribution in [-0.4, -0.2) is 47.7 Å². The lowest BCUT2D eigenvalue weighted by Gasteiger charge is -2.35. The minimum Gasteiger partial charge on any atom is -0.444 e. The molecule has 21 heavy (non-hydrogen) atoms. The Morgan fingerprint density at radius 1 is 1.24 bits per heavy atom. The van der Waals surface area contributed by atoms with E-state index in [1.807, 2.05) is 20.8 Å². The SMILES string of the molecule is CC(N)C(=O)NC1CCC(N(C)C(=O)OC(C)(C)C)CC1. The molecule has 122 valence electrons. The van der Waals surface area contributed by atoms with Gasteiger partial charge in [0, 0.05) is 19.1 Å². The van der Waals surface area contributed by atoms with Crippen LogP contribution in [0.15, 0.2) is 0 Å².